The summed E-state index contributed by atoms with van der Waals surface area (Å²) >= 11 is 0. The van der Waals surface area contributed by atoms with Crippen molar-refractivity contribution < 1.29 is 0 Å². The van der Waals surface area contributed by atoms with E-state index in [1.54, 1.807) is 0 Å². The molecule has 1 N–H and O–H groups in total. The third-order valence-corrected chi connectivity index (χ3v) is 2.53. The van der Waals surface area contributed by atoms with E-state index in [-0.39, 0.29) is 0 Å². The summed E-state index contributed by atoms with van der Waals surface area (Å²) in [5.74, 6) is 0. The third kappa shape index (κ3) is 4.49. The molecule has 1 aromatic heterocycles. The van der Waals surface area contributed by atoms with Crippen LogP contribution in [-0.2, 0) is 13.1 Å². The maximum absolute atomic E-state index is 3.47. The maximum Gasteiger partial charge on any atom is 0.0359 e. The SMILES string of the molecule is CCn1cccc1CNCCCN(C)C. The molecule has 1 rings (SSSR count). The Morgan fingerprint density at radius 2 is 2.20 bits per heavy atom. The number of nitrogens with one attached hydrogen (secondary N) is 1. The highest BCUT2D eigenvalue weighted by Gasteiger charge is 1.97. The van der Waals surface area contributed by atoms with Crippen LogP contribution in [0.25, 0.3) is 0 Å². The van der Waals surface area contributed by atoms with Crippen molar-refractivity contribution in [2.45, 2.75) is 26.4 Å². The predicted molar refractivity (Wildman–Crippen MR) is 65.0 cm³/mol. The van der Waals surface area contributed by atoms with Gasteiger partial charge in [-0.2, -0.15) is 0 Å². The van der Waals surface area contributed by atoms with Crippen molar-refractivity contribution in [1.29, 1.82) is 0 Å². The monoisotopic (exact) mass is 209 g/mol. The summed E-state index contributed by atoms with van der Waals surface area (Å²) in [5.41, 5.74) is 1.38. The Kier molecular flexibility index (Phi) is 5.43. The topological polar surface area (TPSA) is 20.2 Å². The summed E-state index contributed by atoms with van der Waals surface area (Å²) in [6.45, 7) is 6.46. The van der Waals surface area contributed by atoms with Gasteiger partial charge in [0.15, 0.2) is 0 Å². The van der Waals surface area contributed by atoms with E-state index in [1.165, 1.54) is 12.1 Å². The Morgan fingerprint density at radius 3 is 2.87 bits per heavy atom. The standard InChI is InChI=1S/C12H23N3/c1-4-15-10-5-7-12(15)11-13-8-6-9-14(2)3/h5,7,10,13H,4,6,8-9,11H2,1-3H3. The first-order chi connectivity index (χ1) is 7.24. The van der Waals surface area contributed by atoms with E-state index in [0.717, 1.165) is 26.2 Å². The molecule has 0 saturated heterocycles. The number of nitrogens with zero attached hydrogens (tertiary/aromatic N) is 2. The molecule has 3 heteroatoms. The Balaban J connectivity index is 2.15. The lowest BCUT2D eigenvalue weighted by Crippen LogP contribution is -2.21. The average molecular weight is 209 g/mol. The summed E-state index contributed by atoms with van der Waals surface area (Å²) in [6, 6.07) is 4.29. The minimum atomic E-state index is 0.980. The fourth-order valence-electron chi connectivity index (χ4n) is 1.66. The van der Waals surface area contributed by atoms with Crippen LogP contribution in [0.2, 0.25) is 0 Å². The number of hydrogen-bond acceptors (Lipinski definition) is 2. The maximum atomic E-state index is 3.47. The molecule has 15 heavy (non-hydrogen) atoms. The van der Waals surface area contributed by atoms with Gasteiger partial charge >= 0.3 is 0 Å². The van der Waals surface area contributed by atoms with Gasteiger partial charge in [-0.3, -0.25) is 0 Å². The van der Waals surface area contributed by atoms with E-state index >= 15 is 0 Å². The van der Waals surface area contributed by atoms with Crippen molar-refractivity contribution in [1.82, 2.24) is 14.8 Å². The van der Waals surface area contributed by atoms with Crippen LogP contribution in [0.4, 0.5) is 0 Å². The Labute approximate surface area is 93.1 Å². The quantitative estimate of drug-likeness (QED) is 0.688. The van der Waals surface area contributed by atoms with Crippen molar-refractivity contribution in [3.8, 4) is 0 Å². The molecule has 0 atom stereocenters. The Morgan fingerprint density at radius 1 is 1.40 bits per heavy atom. The summed E-state index contributed by atoms with van der Waals surface area (Å²) in [6.07, 6.45) is 3.34. The van der Waals surface area contributed by atoms with Crippen LogP contribution in [0.15, 0.2) is 18.3 Å². The molecule has 0 aromatic carbocycles. The number of aromatic nitrogens is 1. The molecule has 86 valence electrons. The summed E-state index contributed by atoms with van der Waals surface area (Å²) < 4.78 is 2.28. The molecule has 0 spiro atoms. The van der Waals surface area contributed by atoms with Crippen LogP contribution in [0, 0.1) is 0 Å². The first-order valence-corrected chi connectivity index (χ1v) is 5.73. The molecule has 1 heterocycles. The highest BCUT2D eigenvalue weighted by Crippen LogP contribution is 2.01. The molecule has 1 aromatic rings. The van der Waals surface area contributed by atoms with E-state index in [2.05, 4.69) is 54.1 Å². The molecule has 0 unspecified atom stereocenters. The van der Waals surface area contributed by atoms with Gasteiger partial charge in [0.2, 0.25) is 0 Å². The lowest BCUT2D eigenvalue weighted by molar-refractivity contribution is 0.393. The first-order valence-electron chi connectivity index (χ1n) is 5.73. The van der Waals surface area contributed by atoms with Gasteiger partial charge in [-0.05, 0) is 52.7 Å². The van der Waals surface area contributed by atoms with E-state index in [0.29, 0.717) is 0 Å². The van der Waals surface area contributed by atoms with Crippen LogP contribution >= 0.6 is 0 Å². The molecule has 0 aliphatic carbocycles. The molecule has 0 aliphatic rings. The Bertz CT molecular complexity index is 266. The highest BCUT2D eigenvalue weighted by molar-refractivity contribution is 5.06. The summed E-state index contributed by atoms with van der Waals surface area (Å²) in [5, 5.41) is 3.47. The lowest BCUT2D eigenvalue weighted by Gasteiger charge is -2.10. The second-order valence-corrected chi connectivity index (χ2v) is 4.12. The van der Waals surface area contributed by atoms with Gasteiger partial charge < -0.3 is 14.8 Å². The normalized spacial score (nSPS) is 11.2. The van der Waals surface area contributed by atoms with Gasteiger partial charge in [0.1, 0.15) is 0 Å². The van der Waals surface area contributed by atoms with Crippen molar-refractivity contribution in [3.63, 3.8) is 0 Å². The van der Waals surface area contributed by atoms with Crippen LogP contribution in [-0.4, -0.2) is 36.7 Å². The van der Waals surface area contributed by atoms with E-state index < -0.39 is 0 Å². The average Bonchev–Trinajstić information content (AvgIpc) is 2.64. The predicted octanol–water partition coefficient (Wildman–Crippen LogP) is 1.55. The van der Waals surface area contributed by atoms with E-state index in [4.69, 9.17) is 0 Å². The molecular weight excluding hydrogens is 186 g/mol. The van der Waals surface area contributed by atoms with Crippen LogP contribution in [0.3, 0.4) is 0 Å². The Hall–Kier alpha value is -0.800. The molecule has 0 radical (unpaired) electrons. The zero-order valence-electron chi connectivity index (χ0n) is 10.2. The van der Waals surface area contributed by atoms with Crippen LogP contribution in [0.5, 0.6) is 0 Å². The fourth-order valence-corrected chi connectivity index (χ4v) is 1.66. The molecule has 3 nitrogen and oxygen atoms in total. The zero-order chi connectivity index (χ0) is 11.1. The largest absolute Gasteiger partial charge is 0.351 e. The van der Waals surface area contributed by atoms with Crippen LogP contribution in [0.1, 0.15) is 19.0 Å². The fraction of sp³-hybridized carbons (Fsp3) is 0.667. The zero-order valence-corrected chi connectivity index (χ0v) is 10.2. The van der Waals surface area contributed by atoms with Gasteiger partial charge in [0.05, 0.1) is 0 Å². The second kappa shape index (κ2) is 6.64. The van der Waals surface area contributed by atoms with Gasteiger partial charge in [-0.15, -0.1) is 0 Å². The number of hydrogen-bond donors (Lipinski definition) is 1. The van der Waals surface area contributed by atoms with E-state index in [1.807, 2.05) is 0 Å². The van der Waals surface area contributed by atoms with Gasteiger partial charge in [-0.25, -0.2) is 0 Å². The van der Waals surface area contributed by atoms with Crippen molar-refractivity contribution in [3.05, 3.63) is 24.0 Å². The lowest BCUT2D eigenvalue weighted by atomic mass is 10.3. The molecule has 0 saturated carbocycles. The molecule has 0 aliphatic heterocycles. The van der Waals surface area contributed by atoms with Gasteiger partial charge in [0, 0.05) is 25.0 Å². The molecule has 0 fully saturated rings. The van der Waals surface area contributed by atoms with Crippen molar-refractivity contribution in [2.24, 2.45) is 0 Å². The van der Waals surface area contributed by atoms with Crippen LogP contribution < -0.4 is 5.32 Å². The second-order valence-electron chi connectivity index (χ2n) is 4.12. The molecular formula is C12H23N3. The minimum Gasteiger partial charge on any atom is -0.351 e. The summed E-state index contributed by atoms with van der Waals surface area (Å²) in [7, 11) is 4.23. The molecule has 0 bridgehead atoms. The highest BCUT2D eigenvalue weighted by atomic mass is 15.1. The van der Waals surface area contributed by atoms with E-state index in [9.17, 15) is 0 Å². The van der Waals surface area contributed by atoms with Crippen molar-refractivity contribution in [2.75, 3.05) is 27.2 Å². The van der Waals surface area contributed by atoms with Crippen molar-refractivity contribution >= 4 is 0 Å². The van der Waals surface area contributed by atoms with Gasteiger partial charge in [-0.1, -0.05) is 0 Å². The van der Waals surface area contributed by atoms with Gasteiger partial charge in [0.25, 0.3) is 0 Å². The third-order valence-electron chi connectivity index (χ3n) is 2.53. The smallest absolute Gasteiger partial charge is 0.0359 e. The first kappa shape index (κ1) is 12.3. The number of aryl methyl sites for hydroxylation is 1. The summed E-state index contributed by atoms with van der Waals surface area (Å²) in [4.78, 5) is 2.22. The molecule has 0 amide bonds. The minimum absolute atomic E-state index is 0.980. The number of rotatable bonds is 7.